The van der Waals surface area contributed by atoms with Gasteiger partial charge in [-0.1, -0.05) is 6.07 Å². The number of aliphatic imine (C=N–C) groups is 1. The van der Waals surface area contributed by atoms with Crippen molar-refractivity contribution in [3.05, 3.63) is 23.9 Å². The van der Waals surface area contributed by atoms with Crippen LogP contribution in [-0.2, 0) is 16.0 Å². The Balaban J connectivity index is 1.49. The molecule has 0 radical (unpaired) electrons. The zero-order valence-electron chi connectivity index (χ0n) is 19.4. The molecule has 0 spiro atoms. The first-order chi connectivity index (χ1) is 14.7. The molecule has 9 heteroatoms. The molecule has 1 atom stereocenters. The Bertz CT molecular complexity index is 756. The standard InChI is InChI=1S/C22H36N6O3/c1-6-23-20(26-18-14-28(15-18)21(29)31-22(3,4)5)25-12-17-7-8-19(24-11-17)27-9-10-30-16(2)13-27/h7-8,11,16,18H,6,9-10,12-15H2,1-5H3,(H2,23,25,26). The van der Waals surface area contributed by atoms with E-state index in [1.807, 2.05) is 40.0 Å². The number of aromatic nitrogens is 1. The third kappa shape index (κ3) is 6.99. The molecule has 1 aromatic heterocycles. The molecule has 1 unspecified atom stereocenters. The van der Waals surface area contributed by atoms with E-state index in [-0.39, 0.29) is 18.2 Å². The Morgan fingerprint density at radius 2 is 2.10 bits per heavy atom. The largest absolute Gasteiger partial charge is 0.444 e. The van der Waals surface area contributed by atoms with E-state index in [0.717, 1.165) is 43.6 Å². The van der Waals surface area contributed by atoms with Gasteiger partial charge >= 0.3 is 6.09 Å². The van der Waals surface area contributed by atoms with Crippen molar-refractivity contribution < 1.29 is 14.3 Å². The van der Waals surface area contributed by atoms with Gasteiger partial charge in [-0.3, -0.25) is 0 Å². The van der Waals surface area contributed by atoms with Gasteiger partial charge in [-0.25, -0.2) is 14.8 Å². The summed E-state index contributed by atoms with van der Waals surface area (Å²) in [5.41, 5.74) is 0.571. The normalized spacial score (nSPS) is 20.3. The molecule has 2 fully saturated rings. The second-order valence-corrected chi connectivity index (χ2v) is 9.07. The van der Waals surface area contributed by atoms with Crippen LogP contribution in [0.2, 0.25) is 0 Å². The minimum atomic E-state index is -0.477. The maximum atomic E-state index is 12.1. The lowest BCUT2D eigenvalue weighted by Crippen LogP contribution is -2.63. The summed E-state index contributed by atoms with van der Waals surface area (Å²) in [6.45, 7) is 14.7. The van der Waals surface area contributed by atoms with Gasteiger partial charge in [0.25, 0.3) is 0 Å². The van der Waals surface area contributed by atoms with E-state index in [4.69, 9.17) is 9.47 Å². The monoisotopic (exact) mass is 432 g/mol. The van der Waals surface area contributed by atoms with Crippen molar-refractivity contribution in [1.82, 2.24) is 20.5 Å². The highest BCUT2D eigenvalue weighted by Gasteiger charge is 2.34. The summed E-state index contributed by atoms with van der Waals surface area (Å²) < 4.78 is 11.0. The first kappa shape index (κ1) is 23.1. The van der Waals surface area contributed by atoms with Crippen LogP contribution in [0.3, 0.4) is 0 Å². The van der Waals surface area contributed by atoms with Gasteiger partial charge in [0.2, 0.25) is 0 Å². The number of hydrogen-bond acceptors (Lipinski definition) is 6. The highest BCUT2D eigenvalue weighted by molar-refractivity contribution is 5.80. The highest BCUT2D eigenvalue weighted by Crippen LogP contribution is 2.17. The molecule has 0 aliphatic carbocycles. The maximum Gasteiger partial charge on any atom is 0.410 e. The molecule has 172 valence electrons. The second kappa shape index (κ2) is 10.2. The van der Waals surface area contributed by atoms with E-state index in [9.17, 15) is 4.79 Å². The van der Waals surface area contributed by atoms with Crippen LogP contribution in [0.4, 0.5) is 10.6 Å². The predicted octanol–water partition coefficient (Wildman–Crippen LogP) is 1.98. The van der Waals surface area contributed by atoms with E-state index >= 15 is 0 Å². The van der Waals surface area contributed by atoms with Crippen LogP contribution in [0, 0.1) is 0 Å². The Morgan fingerprint density at radius 3 is 2.71 bits per heavy atom. The minimum absolute atomic E-state index is 0.161. The summed E-state index contributed by atoms with van der Waals surface area (Å²) in [7, 11) is 0. The lowest BCUT2D eigenvalue weighted by molar-refractivity contribution is 0.00700. The Morgan fingerprint density at radius 1 is 1.32 bits per heavy atom. The highest BCUT2D eigenvalue weighted by atomic mass is 16.6. The summed E-state index contributed by atoms with van der Waals surface area (Å²) in [5.74, 6) is 1.71. The Hall–Kier alpha value is -2.55. The van der Waals surface area contributed by atoms with Gasteiger partial charge in [0.1, 0.15) is 11.4 Å². The summed E-state index contributed by atoms with van der Waals surface area (Å²) in [4.78, 5) is 25.3. The summed E-state index contributed by atoms with van der Waals surface area (Å²) >= 11 is 0. The lowest BCUT2D eigenvalue weighted by Gasteiger charge is -2.40. The van der Waals surface area contributed by atoms with Crippen LogP contribution in [0.25, 0.3) is 0 Å². The molecule has 3 heterocycles. The van der Waals surface area contributed by atoms with E-state index in [0.29, 0.717) is 19.6 Å². The second-order valence-electron chi connectivity index (χ2n) is 9.07. The average Bonchev–Trinajstić information content (AvgIpc) is 2.67. The molecule has 2 aliphatic heterocycles. The van der Waals surface area contributed by atoms with Crippen LogP contribution < -0.4 is 15.5 Å². The third-order valence-corrected chi connectivity index (χ3v) is 5.01. The van der Waals surface area contributed by atoms with Gasteiger partial charge < -0.3 is 29.9 Å². The number of morpholine rings is 1. The molecule has 0 bridgehead atoms. The molecular weight excluding hydrogens is 396 g/mol. The quantitative estimate of drug-likeness (QED) is 0.543. The molecule has 31 heavy (non-hydrogen) atoms. The minimum Gasteiger partial charge on any atom is -0.444 e. The fraction of sp³-hybridized carbons (Fsp3) is 0.682. The molecule has 0 saturated carbocycles. The topological polar surface area (TPSA) is 91.3 Å². The lowest BCUT2D eigenvalue weighted by atomic mass is 10.1. The third-order valence-electron chi connectivity index (χ3n) is 5.01. The van der Waals surface area contributed by atoms with Crippen LogP contribution >= 0.6 is 0 Å². The van der Waals surface area contributed by atoms with Crippen LogP contribution in [-0.4, -0.2) is 79.0 Å². The van der Waals surface area contributed by atoms with Crippen molar-refractivity contribution in [2.75, 3.05) is 44.2 Å². The molecule has 3 rings (SSSR count). The SMILES string of the molecule is CCNC(=NCc1ccc(N2CCOC(C)C2)nc1)NC1CN(C(=O)OC(C)(C)C)C1. The van der Waals surface area contributed by atoms with E-state index in [1.165, 1.54) is 0 Å². The first-order valence-electron chi connectivity index (χ1n) is 11.1. The Labute approximate surface area is 185 Å². The fourth-order valence-corrected chi connectivity index (χ4v) is 3.45. The van der Waals surface area contributed by atoms with Crippen molar-refractivity contribution in [1.29, 1.82) is 0 Å². The molecule has 2 N–H and O–H groups in total. The number of carbonyl (C=O) groups excluding carboxylic acids is 1. The number of ether oxygens (including phenoxy) is 2. The molecule has 1 aromatic rings. The number of rotatable bonds is 5. The molecule has 1 amide bonds. The van der Waals surface area contributed by atoms with E-state index in [2.05, 4.69) is 38.5 Å². The number of nitrogens with zero attached hydrogens (tertiary/aromatic N) is 4. The van der Waals surface area contributed by atoms with Crippen molar-refractivity contribution in [2.24, 2.45) is 4.99 Å². The van der Waals surface area contributed by atoms with Crippen molar-refractivity contribution in [3.63, 3.8) is 0 Å². The molecular formula is C22H36N6O3. The maximum absolute atomic E-state index is 12.1. The number of anilines is 1. The number of amides is 1. The zero-order chi connectivity index (χ0) is 22.4. The van der Waals surface area contributed by atoms with Gasteiger partial charge in [-0.05, 0) is 46.2 Å². The van der Waals surface area contributed by atoms with Gasteiger partial charge in [0, 0.05) is 38.9 Å². The van der Waals surface area contributed by atoms with Crippen molar-refractivity contribution >= 4 is 17.9 Å². The number of pyridine rings is 1. The zero-order valence-corrected chi connectivity index (χ0v) is 19.4. The number of guanidine groups is 1. The Kier molecular flexibility index (Phi) is 7.59. The summed E-state index contributed by atoms with van der Waals surface area (Å²) in [5, 5.41) is 6.65. The predicted molar refractivity (Wildman–Crippen MR) is 121 cm³/mol. The molecule has 9 nitrogen and oxygen atoms in total. The number of likely N-dealkylation sites (tertiary alicyclic amines) is 1. The smallest absolute Gasteiger partial charge is 0.410 e. The molecule has 2 saturated heterocycles. The fourth-order valence-electron chi connectivity index (χ4n) is 3.45. The van der Waals surface area contributed by atoms with Crippen LogP contribution in [0.15, 0.2) is 23.3 Å². The van der Waals surface area contributed by atoms with E-state index < -0.39 is 5.60 Å². The molecule has 2 aliphatic rings. The molecule has 0 aromatic carbocycles. The number of nitrogens with one attached hydrogen (secondary N) is 2. The van der Waals surface area contributed by atoms with E-state index in [1.54, 1.807) is 4.90 Å². The van der Waals surface area contributed by atoms with Crippen LogP contribution in [0.5, 0.6) is 0 Å². The van der Waals surface area contributed by atoms with Gasteiger partial charge in [0.15, 0.2) is 5.96 Å². The average molecular weight is 433 g/mol. The van der Waals surface area contributed by atoms with Gasteiger partial charge in [-0.2, -0.15) is 0 Å². The number of carbonyl (C=O) groups is 1. The number of hydrogen-bond donors (Lipinski definition) is 2. The summed E-state index contributed by atoms with van der Waals surface area (Å²) in [6, 6.07) is 4.28. The van der Waals surface area contributed by atoms with Crippen molar-refractivity contribution in [3.8, 4) is 0 Å². The van der Waals surface area contributed by atoms with Crippen LogP contribution in [0.1, 0.15) is 40.2 Å². The van der Waals surface area contributed by atoms with Crippen molar-refractivity contribution in [2.45, 2.75) is 58.9 Å². The van der Waals surface area contributed by atoms with Gasteiger partial charge in [0.05, 0.1) is 25.3 Å². The summed E-state index contributed by atoms with van der Waals surface area (Å²) in [6.07, 6.45) is 1.84. The van der Waals surface area contributed by atoms with Gasteiger partial charge in [-0.15, -0.1) is 0 Å². The first-order valence-corrected chi connectivity index (χ1v) is 11.1.